The van der Waals surface area contributed by atoms with E-state index in [-0.39, 0.29) is 5.11 Å². The molecule has 2 rings (SSSR count). The number of nitrogens with zero attached hydrogens (tertiary/aromatic N) is 2. The number of hydrogen-bond acceptors (Lipinski definition) is 4. The van der Waals surface area contributed by atoms with Crippen LogP contribution in [0, 0.1) is 6.92 Å². The van der Waals surface area contributed by atoms with Crippen molar-refractivity contribution in [1.29, 1.82) is 0 Å². The van der Waals surface area contributed by atoms with Gasteiger partial charge in [-0.1, -0.05) is 35.6 Å². The van der Waals surface area contributed by atoms with Gasteiger partial charge in [-0.3, -0.25) is 0 Å². The van der Waals surface area contributed by atoms with Crippen LogP contribution in [-0.2, 0) is 0 Å². The fraction of sp³-hybridized carbons (Fsp3) is 0.100. The summed E-state index contributed by atoms with van der Waals surface area (Å²) in [4.78, 5) is 0. The third-order valence-electron chi connectivity index (χ3n) is 2.03. The van der Waals surface area contributed by atoms with Crippen molar-refractivity contribution in [1.82, 2.24) is 10.2 Å². The first kappa shape index (κ1) is 11.0. The minimum absolute atomic E-state index is 0.201. The molecule has 0 atom stereocenters. The SMILES string of the molecule is Cc1ccccc1-c1nnc(NC(N)=S)s1. The number of anilines is 1. The molecule has 1 aromatic heterocycles. The van der Waals surface area contributed by atoms with Gasteiger partial charge in [-0.25, -0.2) is 0 Å². The Morgan fingerprint density at radius 3 is 2.81 bits per heavy atom. The second kappa shape index (κ2) is 4.54. The molecule has 0 saturated heterocycles. The quantitative estimate of drug-likeness (QED) is 0.800. The fourth-order valence-electron chi connectivity index (χ4n) is 1.30. The summed E-state index contributed by atoms with van der Waals surface area (Å²) < 4.78 is 0. The Bertz CT molecular complexity index is 521. The van der Waals surface area contributed by atoms with Crippen molar-refractivity contribution in [3.8, 4) is 10.6 Å². The van der Waals surface area contributed by atoms with Gasteiger partial charge in [-0.2, -0.15) is 0 Å². The Morgan fingerprint density at radius 2 is 2.12 bits per heavy atom. The Hall–Kier alpha value is -1.53. The summed E-state index contributed by atoms with van der Waals surface area (Å²) in [6.45, 7) is 2.04. The standard InChI is InChI=1S/C10H10N4S2/c1-6-4-2-3-5-7(6)8-13-14-10(16-8)12-9(11)15/h2-5H,1H3,(H3,11,12,14,15). The van der Waals surface area contributed by atoms with Gasteiger partial charge in [-0.15, -0.1) is 10.2 Å². The zero-order valence-electron chi connectivity index (χ0n) is 8.60. The number of rotatable bonds is 2. The molecule has 0 fully saturated rings. The summed E-state index contributed by atoms with van der Waals surface area (Å²) in [5.74, 6) is 0. The number of benzene rings is 1. The van der Waals surface area contributed by atoms with Crippen LogP contribution in [0.15, 0.2) is 24.3 Å². The monoisotopic (exact) mass is 250 g/mol. The van der Waals surface area contributed by atoms with E-state index >= 15 is 0 Å². The third kappa shape index (κ3) is 2.34. The van der Waals surface area contributed by atoms with Crippen LogP contribution < -0.4 is 11.1 Å². The van der Waals surface area contributed by atoms with Crippen molar-refractivity contribution < 1.29 is 0 Å². The van der Waals surface area contributed by atoms with Crippen LogP contribution in [0.4, 0.5) is 5.13 Å². The van der Waals surface area contributed by atoms with Crippen LogP contribution in [-0.4, -0.2) is 15.3 Å². The van der Waals surface area contributed by atoms with Crippen LogP contribution in [0.25, 0.3) is 10.6 Å². The van der Waals surface area contributed by atoms with Crippen LogP contribution in [0.2, 0.25) is 0 Å². The molecule has 0 amide bonds. The minimum Gasteiger partial charge on any atom is -0.376 e. The molecule has 0 unspecified atom stereocenters. The van der Waals surface area contributed by atoms with E-state index in [1.165, 1.54) is 16.9 Å². The van der Waals surface area contributed by atoms with E-state index in [0.29, 0.717) is 5.13 Å². The number of thiocarbonyl (C=S) groups is 1. The first-order valence-corrected chi connectivity index (χ1v) is 5.85. The van der Waals surface area contributed by atoms with E-state index in [4.69, 9.17) is 18.0 Å². The minimum atomic E-state index is 0.201. The zero-order chi connectivity index (χ0) is 11.5. The summed E-state index contributed by atoms with van der Waals surface area (Å²) in [6, 6.07) is 8.02. The molecule has 1 heterocycles. The lowest BCUT2D eigenvalue weighted by Gasteiger charge is -1.99. The first-order valence-electron chi connectivity index (χ1n) is 4.63. The second-order valence-corrected chi connectivity index (χ2v) is 4.63. The van der Waals surface area contributed by atoms with Crippen LogP contribution in [0.5, 0.6) is 0 Å². The summed E-state index contributed by atoms with van der Waals surface area (Å²) in [7, 11) is 0. The topological polar surface area (TPSA) is 63.8 Å². The molecule has 2 aromatic rings. The molecule has 6 heteroatoms. The highest BCUT2D eigenvalue weighted by molar-refractivity contribution is 7.80. The van der Waals surface area contributed by atoms with Gasteiger partial charge in [0.1, 0.15) is 5.01 Å². The largest absolute Gasteiger partial charge is 0.376 e. The van der Waals surface area contributed by atoms with Gasteiger partial charge < -0.3 is 11.1 Å². The van der Waals surface area contributed by atoms with E-state index < -0.39 is 0 Å². The summed E-state index contributed by atoms with van der Waals surface area (Å²) in [5, 5.41) is 12.5. The van der Waals surface area contributed by atoms with Crippen molar-refractivity contribution in [3.63, 3.8) is 0 Å². The number of hydrogen-bond donors (Lipinski definition) is 2. The molecule has 0 aliphatic heterocycles. The molecule has 0 saturated carbocycles. The molecule has 0 radical (unpaired) electrons. The van der Waals surface area contributed by atoms with Crippen LogP contribution in [0.3, 0.4) is 0 Å². The molecule has 4 nitrogen and oxygen atoms in total. The van der Waals surface area contributed by atoms with E-state index in [1.54, 1.807) is 0 Å². The fourth-order valence-corrected chi connectivity index (χ4v) is 2.31. The molecule has 0 aliphatic carbocycles. The van der Waals surface area contributed by atoms with Crippen molar-refractivity contribution in [3.05, 3.63) is 29.8 Å². The average Bonchev–Trinajstić information content (AvgIpc) is 2.66. The van der Waals surface area contributed by atoms with Crippen molar-refractivity contribution in [2.24, 2.45) is 5.73 Å². The Labute approximate surface area is 103 Å². The maximum Gasteiger partial charge on any atom is 0.212 e. The average molecular weight is 250 g/mol. The molecule has 82 valence electrons. The highest BCUT2D eigenvalue weighted by Crippen LogP contribution is 2.28. The van der Waals surface area contributed by atoms with E-state index in [2.05, 4.69) is 15.5 Å². The molecular weight excluding hydrogens is 240 g/mol. The van der Waals surface area contributed by atoms with Gasteiger partial charge in [0.2, 0.25) is 5.13 Å². The predicted molar refractivity (Wildman–Crippen MR) is 70.5 cm³/mol. The second-order valence-electron chi connectivity index (χ2n) is 3.22. The Balaban J connectivity index is 2.32. The highest BCUT2D eigenvalue weighted by Gasteiger charge is 2.08. The smallest absolute Gasteiger partial charge is 0.212 e. The number of aromatic nitrogens is 2. The van der Waals surface area contributed by atoms with Gasteiger partial charge in [0, 0.05) is 5.56 Å². The maximum absolute atomic E-state index is 5.36. The summed E-state index contributed by atoms with van der Waals surface area (Å²) in [6.07, 6.45) is 0. The predicted octanol–water partition coefficient (Wildman–Crippen LogP) is 2.17. The van der Waals surface area contributed by atoms with Gasteiger partial charge in [0.25, 0.3) is 0 Å². The molecule has 0 bridgehead atoms. The third-order valence-corrected chi connectivity index (χ3v) is 3.00. The molecule has 1 aromatic carbocycles. The van der Waals surface area contributed by atoms with Crippen LogP contribution in [0.1, 0.15) is 5.56 Å². The van der Waals surface area contributed by atoms with Gasteiger partial charge in [0.05, 0.1) is 0 Å². The normalized spacial score (nSPS) is 10.1. The van der Waals surface area contributed by atoms with Crippen LogP contribution >= 0.6 is 23.6 Å². The number of nitrogens with one attached hydrogen (secondary N) is 1. The van der Waals surface area contributed by atoms with Gasteiger partial charge >= 0.3 is 0 Å². The maximum atomic E-state index is 5.36. The Kier molecular flexibility index (Phi) is 3.12. The van der Waals surface area contributed by atoms with Gasteiger partial charge in [0.15, 0.2) is 5.11 Å². The molecule has 16 heavy (non-hydrogen) atoms. The van der Waals surface area contributed by atoms with E-state index in [0.717, 1.165) is 10.6 Å². The van der Waals surface area contributed by atoms with Crippen molar-refractivity contribution in [2.75, 3.05) is 5.32 Å². The van der Waals surface area contributed by atoms with Crippen molar-refractivity contribution >= 4 is 33.8 Å². The molecule has 0 aliphatic rings. The van der Waals surface area contributed by atoms with E-state index in [1.807, 2.05) is 31.2 Å². The lowest BCUT2D eigenvalue weighted by atomic mass is 10.1. The Morgan fingerprint density at radius 1 is 1.38 bits per heavy atom. The zero-order valence-corrected chi connectivity index (χ0v) is 10.2. The molecule has 3 N–H and O–H groups in total. The molecular formula is C10H10N4S2. The summed E-state index contributed by atoms with van der Waals surface area (Å²) in [5.41, 5.74) is 7.61. The first-order chi connectivity index (χ1) is 7.66. The van der Waals surface area contributed by atoms with Gasteiger partial charge in [-0.05, 0) is 24.7 Å². The number of aryl methyl sites for hydroxylation is 1. The van der Waals surface area contributed by atoms with Crippen molar-refractivity contribution in [2.45, 2.75) is 6.92 Å². The number of nitrogens with two attached hydrogens (primary N) is 1. The lowest BCUT2D eigenvalue weighted by molar-refractivity contribution is 1.10. The molecule has 0 spiro atoms. The van der Waals surface area contributed by atoms with E-state index in [9.17, 15) is 0 Å². The lowest BCUT2D eigenvalue weighted by Crippen LogP contribution is -2.18. The highest BCUT2D eigenvalue weighted by atomic mass is 32.1. The summed E-state index contributed by atoms with van der Waals surface area (Å²) >= 11 is 6.16.